The number of ether oxygens (including phenoxy) is 1. The summed E-state index contributed by atoms with van der Waals surface area (Å²) in [4.78, 5) is 12.7. The molecule has 0 aliphatic rings. The molecule has 164 valence electrons. The van der Waals surface area contributed by atoms with Crippen molar-refractivity contribution in [2.24, 2.45) is 0 Å². The molecule has 4 rings (SSSR count). The molecular weight excluding hydrogens is 426 g/mol. The minimum Gasteiger partial charge on any atom is -0.497 e. The van der Waals surface area contributed by atoms with Crippen molar-refractivity contribution in [1.82, 2.24) is 25.2 Å². The number of carbonyl (C=O) groups excluding carboxylic acids is 1. The summed E-state index contributed by atoms with van der Waals surface area (Å²) < 4.78 is 12.3. The van der Waals surface area contributed by atoms with Gasteiger partial charge in [-0.1, -0.05) is 17.3 Å². The van der Waals surface area contributed by atoms with Crippen molar-refractivity contribution < 1.29 is 14.1 Å². The summed E-state index contributed by atoms with van der Waals surface area (Å²) in [6.45, 7) is 6.16. The highest BCUT2D eigenvalue weighted by Crippen LogP contribution is 2.30. The second kappa shape index (κ2) is 9.27. The Bertz CT molecular complexity index is 1250. The zero-order valence-corrected chi connectivity index (χ0v) is 19.1. The maximum absolute atomic E-state index is 12.7. The summed E-state index contributed by atoms with van der Waals surface area (Å²) in [6, 6.07) is 14.9. The topological polar surface area (TPSA) is 95.1 Å². The Morgan fingerprint density at radius 1 is 1.12 bits per heavy atom. The van der Waals surface area contributed by atoms with Crippen molar-refractivity contribution in [2.45, 2.75) is 37.5 Å². The first-order chi connectivity index (χ1) is 15.5. The summed E-state index contributed by atoms with van der Waals surface area (Å²) in [7, 11) is 1.59. The van der Waals surface area contributed by atoms with Crippen molar-refractivity contribution >= 4 is 17.7 Å². The van der Waals surface area contributed by atoms with Crippen LogP contribution < -0.4 is 10.1 Å². The molecule has 0 radical (unpaired) electrons. The van der Waals surface area contributed by atoms with Gasteiger partial charge in [0.25, 0.3) is 5.91 Å². The maximum atomic E-state index is 12.7. The lowest BCUT2D eigenvalue weighted by Crippen LogP contribution is -2.24. The quantitative estimate of drug-likeness (QED) is 0.450. The van der Waals surface area contributed by atoms with Gasteiger partial charge in [0.05, 0.1) is 19.3 Å². The average Bonchev–Trinajstić information content (AvgIpc) is 3.40. The highest BCUT2D eigenvalue weighted by molar-refractivity contribution is 7.99. The molecule has 0 atom stereocenters. The zero-order valence-electron chi connectivity index (χ0n) is 18.2. The van der Waals surface area contributed by atoms with Gasteiger partial charge < -0.3 is 14.6 Å². The van der Waals surface area contributed by atoms with Crippen LogP contribution in [0.2, 0.25) is 0 Å². The molecule has 4 aromatic rings. The van der Waals surface area contributed by atoms with Crippen molar-refractivity contribution in [2.75, 3.05) is 7.11 Å². The molecule has 0 saturated heterocycles. The summed E-state index contributed by atoms with van der Waals surface area (Å²) >= 11 is 1.36. The van der Waals surface area contributed by atoms with E-state index in [0.717, 1.165) is 22.6 Å². The highest BCUT2D eigenvalue weighted by Gasteiger charge is 2.19. The fourth-order valence-corrected chi connectivity index (χ4v) is 4.05. The Morgan fingerprint density at radius 3 is 2.59 bits per heavy atom. The maximum Gasteiger partial charge on any atom is 0.251 e. The Labute approximate surface area is 190 Å². The second-order valence-electron chi connectivity index (χ2n) is 7.24. The normalized spacial score (nSPS) is 10.9. The van der Waals surface area contributed by atoms with Gasteiger partial charge in [-0.3, -0.25) is 9.36 Å². The molecule has 0 aliphatic heterocycles. The predicted octanol–water partition coefficient (Wildman–Crippen LogP) is 4.27. The van der Waals surface area contributed by atoms with E-state index < -0.39 is 0 Å². The third-order valence-electron chi connectivity index (χ3n) is 5.08. The van der Waals surface area contributed by atoms with E-state index in [0.29, 0.717) is 27.3 Å². The average molecular weight is 450 g/mol. The zero-order chi connectivity index (χ0) is 22.7. The van der Waals surface area contributed by atoms with Gasteiger partial charge in [0.15, 0.2) is 5.82 Å². The lowest BCUT2D eigenvalue weighted by atomic mass is 10.1. The van der Waals surface area contributed by atoms with E-state index in [1.807, 2.05) is 29.7 Å². The Morgan fingerprint density at radius 2 is 1.91 bits per heavy atom. The number of rotatable bonds is 7. The number of nitrogens with one attached hydrogen (secondary N) is 1. The van der Waals surface area contributed by atoms with Crippen LogP contribution in [-0.2, 0) is 6.54 Å². The van der Waals surface area contributed by atoms with Crippen LogP contribution in [-0.4, -0.2) is 32.9 Å². The lowest BCUT2D eigenvalue weighted by Gasteiger charge is -2.14. The number of benzene rings is 2. The molecule has 8 nitrogen and oxygen atoms in total. The van der Waals surface area contributed by atoms with Crippen LogP contribution in [0.15, 0.2) is 63.2 Å². The Kier molecular flexibility index (Phi) is 6.27. The molecule has 1 amide bonds. The Balaban J connectivity index is 1.63. The van der Waals surface area contributed by atoms with Crippen molar-refractivity contribution in [1.29, 1.82) is 0 Å². The molecule has 2 aromatic carbocycles. The molecule has 1 N–H and O–H groups in total. The monoisotopic (exact) mass is 449 g/mol. The van der Waals surface area contributed by atoms with Crippen LogP contribution in [0.25, 0.3) is 5.69 Å². The number of hydrogen-bond acceptors (Lipinski definition) is 7. The van der Waals surface area contributed by atoms with Gasteiger partial charge in [0.1, 0.15) is 16.5 Å². The van der Waals surface area contributed by atoms with E-state index in [1.165, 1.54) is 11.8 Å². The molecule has 0 bridgehead atoms. The molecule has 0 fully saturated rings. The van der Waals surface area contributed by atoms with Crippen molar-refractivity contribution in [3.05, 3.63) is 76.8 Å². The summed E-state index contributed by atoms with van der Waals surface area (Å²) in [5.74, 6) is 1.83. The molecule has 0 unspecified atom stereocenters. The van der Waals surface area contributed by atoms with Gasteiger partial charge in [0, 0.05) is 11.6 Å². The number of carbonyl (C=O) groups is 1. The first-order valence-electron chi connectivity index (χ1n) is 10.0. The van der Waals surface area contributed by atoms with Gasteiger partial charge in [0.2, 0.25) is 5.16 Å². The smallest absolute Gasteiger partial charge is 0.251 e. The molecule has 9 heteroatoms. The van der Waals surface area contributed by atoms with Gasteiger partial charge >= 0.3 is 0 Å². The standard InChI is InChI=1S/C23H23N5O3S/c1-14-6-5-7-19(16(14)3)28-20(25-26-23(28)32-21-12-15(2)31-27-21)13-24-22(29)17-8-10-18(30-4)11-9-17/h5-12H,13H2,1-4H3,(H,24,29). The SMILES string of the molecule is COc1ccc(C(=O)NCc2nnc(Sc3cc(C)on3)n2-c2cccc(C)c2C)cc1. The molecule has 32 heavy (non-hydrogen) atoms. The third-order valence-corrected chi connectivity index (χ3v) is 5.93. The van der Waals surface area contributed by atoms with Crippen LogP contribution in [0.3, 0.4) is 0 Å². The first-order valence-corrected chi connectivity index (χ1v) is 10.8. The molecule has 2 heterocycles. The summed E-state index contributed by atoms with van der Waals surface area (Å²) in [5.41, 5.74) is 3.74. The van der Waals surface area contributed by atoms with Gasteiger partial charge in [-0.25, -0.2) is 0 Å². The molecule has 2 aromatic heterocycles. The number of aromatic nitrogens is 4. The predicted molar refractivity (Wildman–Crippen MR) is 120 cm³/mol. The van der Waals surface area contributed by atoms with Crippen molar-refractivity contribution in [3.8, 4) is 11.4 Å². The number of amides is 1. The van der Waals surface area contributed by atoms with Crippen LogP contribution in [0, 0.1) is 20.8 Å². The third kappa shape index (κ3) is 4.52. The first kappa shape index (κ1) is 21.6. The number of nitrogens with zero attached hydrogens (tertiary/aromatic N) is 4. The molecule has 0 aliphatic carbocycles. The van der Waals surface area contributed by atoms with Crippen LogP contribution in [0.1, 0.15) is 33.1 Å². The number of aryl methyl sites for hydroxylation is 2. The highest BCUT2D eigenvalue weighted by atomic mass is 32.2. The van der Waals surface area contributed by atoms with Gasteiger partial charge in [-0.15, -0.1) is 10.2 Å². The van der Waals surface area contributed by atoms with E-state index in [1.54, 1.807) is 31.4 Å². The minimum absolute atomic E-state index is 0.204. The lowest BCUT2D eigenvalue weighted by molar-refractivity contribution is 0.0949. The van der Waals surface area contributed by atoms with E-state index >= 15 is 0 Å². The van der Waals surface area contributed by atoms with Gasteiger partial charge in [-0.05, 0) is 74.0 Å². The van der Waals surface area contributed by atoms with E-state index in [4.69, 9.17) is 9.26 Å². The van der Waals surface area contributed by atoms with E-state index in [-0.39, 0.29) is 12.5 Å². The Hall–Kier alpha value is -3.59. The number of methoxy groups -OCH3 is 1. The van der Waals surface area contributed by atoms with E-state index in [2.05, 4.69) is 40.6 Å². The molecule has 0 spiro atoms. The van der Waals surface area contributed by atoms with Crippen LogP contribution in [0.5, 0.6) is 5.75 Å². The van der Waals surface area contributed by atoms with Crippen LogP contribution in [0.4, 0.5) is 0 Å². The summed E-state index contributed by atoms with van der Waals surface area (Å²) in [5, 5.41) is 17.0. The fraction of sp³-hybridized carbons (Fsp3) is 0.217. The van der Waals surface area contributed by atoms with Crippen molar-refractivity contribution in [3.63, 3.8) is 0 Å². The second-order valence-corrected chi connectivity index (χ2v) is 8.23. The molecular formula is C23H23N5O3S. The van der Waals surface area contributed by atoms with E-state index in [9.17, 15) is 4.79 Å². The fourth-order valence-electron chi connectivity index (χ4n) is 3.19. The minimum atomic E-state index is -0.204. The van der Waals surface area contributed by atoms with Crippen LogP contribution >= 0.6 is 11.8 Å². The molecule has 0 saturated carbocycles. The largest absolute Gasteiger partial charge is 0.497 e. The number of hydrogen-bond donors (Lipinski definition) is 1. The van der Waals surface area contributed by atoms with Gasteiger partial charge in [-0.2, -0.15) is 0 Å². The summed E-state index contributed by atoms with van der Waals surface area (Å²) in [6.07, 6.45) is 0.